The highest BCUT2D eigenvalue weighted by Crippen LogP contribution is 2.18. The van der Waals surface area contributed by atoms with E-state index in [1.54, 1.807) is 6.20 Å². The van der Waals surface area contributed by atoms with Gasteiger partial charge in [-0.25, -0.2) is 0 Å². The van der Waals surface area contributed by atoms with Gasteiger partial charge in [0.1, 0.15) is 5.00 Å². The maximum atomic E-state index is 6.02. The zero-order valence-corrected chi connectivity index (χ0v) is 9.77. The van der Waals surface area contributed by atoms with Crippen LogP contribution in [0.2, 0.25) is 5.02 Å². The number of aromatic nitrogens is 2. The molecule has 3 nitrogen and oxygen atoms in total. The van der Waals surface area contributed by atoms with Gasteiger partial charge in [0.05, 0.1) is 6.20 Å². The van der Waals surface area contributed by atoms with Gasteiger partial charge in [-0.05, 0) is 24.1 Å². The predicted octanol–water partition coefficient (Wildman–Crippen LogP) is 3.11. The Bertz CT molecular complexity index is 442. The number of benzene rings is 1. The third-order valence-electron chi connectivity index (χ3n) is 2.06. The van der Waals surface area contributed by atoms with Crippen LogP contribution in [0, 0.1) is 6.92 Å². The Morgan fingerprint density at radius 1 is 1.47 bits per heavy atom. The van der Waals surface area contributed by atoms with E-state index in [-0.39, 0.29) is 0 Å². The fourth-order valence-electron chi connectivity index (χ4n) is 1.18. The van der Waals surface area contributed by atoms with Crippen molar-refractivity contribution in [2.75, 3.05) is 5.32 Å². The van der Waals surface area contributed by atoms with E-state index in [4.69, 9.17) is 11.6 Å². The van der Waals surface area contributed by atoms with E-state index < -0.39 is 0 Å². The molecule has 2 rings (SSSR count). The Balaban J connectivity index is 2.02. The van der Waals surface area contributed by atoms with E-state index in [1.807, 2.05) is 19.1 Å². The lowest BCUT2D eigenvalue weighted by Crippen LogP contribution is -1.97. The summed E-state index contributed by atoms with van der Waals surface area (Å²) in [5.74, 6) is 0. The number of rotatable bonds is 3. The van der Waals surface area contributed by atoms with Gasteiger partial charge in [-0.15, -0.1) is 5.10 Å². The van der Waals surface area contributed by atoms with Crippen molar-refractivity contribution in [2.45, 2.75) is 13.5 Å². The molecule has 0 amide bonds. The molecular formula is C10H10ClN3S. The zero-order valence-electron chi connectivity index (χ0n) is 8.20. The van der Waals surface area contributed by atoms with Crippen molar-refractivity contribution >= 4 is 28.1 Å². The third kappa shape index (κ3) is 2.67. The van der Waals surface area contributed by atoms with Crippen LogP contribution in [0.5, 0.6) is 0 Å². The molecule has 0 aliphatic heterocycles. The van der Waals surface area contributed by atoms with Gasteiger partial charge >= 0.3 is 0 Å². The summed E-state index contributed by atoms with van der Waals surface area (Å²) in [6.07, 6.45) is 1.71. The number of nitrogens with one attached hydrogen (secondary N) is 1. The highest BCUT2D eigenvalue weighted by atomic mass is 35.5. The Hall–Kier alpha value is -1.13. The molecule has 5 heteroatoms. The number of anilines is 1. The number of halogens is 1. The van der Waals surface area contributed by atoms with Crippen molar-refractivity contribution in [2.24, 2.45) is 0 Å². The first kappa shape index (κ1) is 10.4. The maximum absolute atomic E-state index is 6.02. The number of aryl methyl sites for hydroxylation is 1. The van der Waals surface area contributed by atoms with Crippen molar-refractivity contribution < 1.29 is 0 Å². The van der Waals surface area contributed by atoms with Gasteiger partial charge in [0.25, 0.3) is 0 Å². The van der Waals surface area contributed by atoms with E-state index in [0.717, 1.165) is 27.7 Å². The summed E-state index contributed by atoms with van der Waals surface area (Å²) in [5, 5.41) is 8.74. The molecule has 0 unspecified atom stereocenters. The molecule has 0 saturated heterocycles. The standard InChI is InChI=1S/C10H10ClN3S/c1-7-2-3-8(4-9(7)11)5-12-10-6-13-14-15-10/h2-4,6,12H,5H2,1H3. The minimum Gasteiger partial charge on any atom is -0.370 e. The van der Waals surface area contributed by atoms with Gasteiger partial charge in [0.15, 0.2) is 0 Å². The molecule has 0 radical (unpaired) electrons. The van der Waals surface area contributed by atoms with Crippen molar-refractivity contribution in [1.82, 2.24) is 9.59 Å². The average Bonchev–Trinajstić information content (AvgIpc) is 2.73. The second-order valence-corrected chi connectivity index (χ2v) is 4.41. The normalized spacial score (nSPS) is 10.3. The monoisotopic (exact) mass is 239 g/mol. The highest BCUT2D eigenvalue weighted by Gasteiger charge is 1.99. The molecule has 1 aromatic heterocycles. The molecule has 0 aliphatic rings. The van der Waals surface area contributed by atoms with Gasteiger partial charge < -0.3 is 5.32 Å². The molecular weight excluding hydrogens is 230 g/mol. The maximum Gasteiger partial charge on any atom is 0.130 e. The fourth-order valence-corrected chi connectivity index (χ4v) is 1.80. The molecule has 78 valence electrons. The first-order valence-corrected chi connectivity index (χ1v) is 5.67. The number of nitrogens with zero attached hydrogens (tertiary/aromatic N) is 2. The summed E-state index contributed by atoms with van der Waals surface area (Å²) in [6.45, 7) is 2.73. The van der Waals surface area contributed by atoms with E-state index in [9.17, 15) is 0 Å². The van der Waals surface area contributed by atoms with Crippen molar-refractivity contribution in [3.63, 3.8) is 0 Å². The second kappa shape index (κ2) is 4.59. The minimum atomic E-state index is 0.740. The van der Waals surface area contributed by atoms with Crippen LogP contribution in [0.15, 0.2) is 24.4 Å². The first-order chi connectivity index (χ1) is 7.25. The minimum absolute atomic E-state index is 0.740. The van der Waals surface area contributed by atoms with E-state index >= 15 is 0 Å². The zero-order chi connectivity index (χ0) is 10.7. The van der Waals surface area contributed by atoms with Crippen LogP contribution in [-0.2, 0) is 6.54 Å². The third-order valence-corrected chi connectivity index (χ3v) is 3.09. The van der Waals surface area contributed by atoms with Gasteiger partial charge in [0.2, 0.25) is 0 Å². The van der Waals surface area contributed by atoms with Crippen LogP contribution in [0.25, 0.3) is 0 Å². The molecule has 1 N–H and O–H groups in total. The molecule has 1 heterocycles. The van der Waals surface area contributed by atoms with Crippen LogP contribution in [0.3, 0.4) is 0 Å². The average molecular weight is 240 g/mol. The molecule has 0 saturated carbocycles. The summed E-state index contributed by atoms with van der Waals surface area (Å²) in [6, 6.07) is 6.05. The SMILES string of the molecule is Cc1ccc(CNc2cnns2)cc1Cl. The van der Waals surface area contributed by atoms with Crippen LogP contribution in [0.1, 0.15) is 11.1 Å². The van der Waals surface area contributed by atoms with Gasteiger partial charge in [-0.1, -0.05) is 28.2 Å². The lowest BCUT2D eigenvalue weighted by atomic mass is 10.1. The highest BCUT2D eigenvalue weighted by molar-refractivity contribution is 7.09. The van der Waals surface area contributed by atoms with Gasteiger partial charge in [-0.3, -0.25) is 0 Å². The molecule has 0 spiro atoms. The van der Waals surface area contributed by atoms with Crippen LogP contribution < -0.4 is 5.32 Å². The van der Waals surface area contributed by atoms with E-state index in [1.165, 1.54) is 11.5 Å². The summed E-state index contributed by atoms with van der Waals surface area (Å²) in [5.41, 5.74) is 2.25. The van der Waals surface area contributed by atoms with Crippen LogP contribution in [-0.4, -0.2) is 9.59 Å². The lowest BCUT2D eigenvalue weighted by Gasteiger charge is -2.04. The van der Waals surface area contributed by atoms with Crippen LogP contribution in [0.4, 0.5) is 5.00 Å². The van der Waals surface area contributed by atoms with Crippen molar-refractivity contribution in [1.29, 1.82) is 0 Å². The quantitative estimate of drug-likeness (QED) is 0.895. The lowest BCUT2D eigenvalue weighted by molar-refractivity contribution is 1.13. The summed E-state index contributed by atoms with van der Waals surface area (Å²) in [7, 11) is 0. The molecule has 0 bridgehead atoms. The number of hydrogen-bond donors (Lipinski definition) is 1. The summed E-state index contributed by atoms with van der Waals surface area (Å²) in [4.78, 5) is 0. The fraction of sp³-hybridized carbons (Fsp3) is 0.200. The molecule has 2 aromatic rings. The Labute approximate surface area is 97.3 Å². The topological polar surface area (TPSA) is 37.8 Å². The molecule has 0 fully saturated rings. The smallest absolute Gasteiger partial charge is 0.130 e. The number of hydrogen-bond acceptors (Lipinski definition) is 4. The van der Waals surface area contributed by atoms with E-state index in [2.05, 4.69) is 21.0 Å². The Kier molecular flexibility index (Phi) is 3.18. The molecule has 15 heavy (non-hydrogen) atoms. The second-order valence-electron chi connectivity index (χ2n) is 3.22. The van der Waals surface area contributed by atoms with Gasteiger partial charge in [0, 0.05) is 23.1 Å². The molecule has 1 aromatic carbocycles. The van der Waals surface area contributed by atoms with E-state index in [0.29, 0.717) is 0 Å². The Morgan fingerprint density at radius 3 is 3.00 bits per heavy atom. The Morgan fingerprint density at radius 2 is 2.33 bits per heavy atom. The molecule has 0 aliphatic carbocycles. The van der Waals surface area contributed by atoms with Gasteiger partial charge in [-0.2, -0.15) is 0 Å². The molecule has 0 atom stereocenters. The first-order valence-electron chi connectivity index (χ1n) is 4.52. The van der Waals surface area contributed by atoms with Crippen molar-refractivity contribution in [3.05, 3.63) is 40.5 Å². The largest absolute Gasteiger partial charge is 0.370 e. The van der Waals surface area contributed by atoms with Crippen molar-refractivity contribution in [3.8, 4) is 0 Å². The predicted molar refractivity (Wildman–Crippen MR) is 63.4 cm³/mol. The van der Waals surface area contributed by atoms with Crippen LogP contribution >= 0.6 is 23.1 Å². The summed E-state index contributed by atoms with van der Waals surface area (Å²) >= 11 is 7.37. The summed E-state index contributed by atoms with van der Waals surface area (Å²) < 4.78 is 3.77.